The molecule has 0 radical (unpaired) electrons. The number of carbonyl (C=O) groups excluding carboxylic acids is 1. The Morgan fingerprint density at radius 2 is 2.07 bits per heavy atom. The van der Waals surface area contributed by atoms with E-state index in [4.69, 9.17) is 15.4 Å². The average Bonchev–Trinajstić information content (AvgIpc) is 2.15. The zero-order chi connectivity index (χ0) is 10.6. The maximum absolute atomic E-state index is 10.5. The molecule has 5 heteroatoms. The van der Waals surface area contributed by atoms with Crippen molar-refractivity contribution >= 4 is 11.7 Å². The van der Waals surface area contributed by atoms with E-state index in [1.807, 2.05) is 0 Å². The zero-order valence-electron chi connectivity index (χ0n) is 7.94. The molecule has 0 saturated heterocycles. The molecule has 1 aromatic rings. The minimum atomic E-state index is -0.547. The molecule has 0 aliphatic carbocycles. The summed E-state index contributed by atoms with van der Waals surface area (Å²) in [6.07, 6.45) is 0. The second-order valence-electron chi connectivity index (χ2n) is 2.57. The largest absolute Gasteiger partial charge is 0.493 e. The average molecular weight is 197 g/mol. The van der Waals surface area contributed by atoms with Crippen LogP contribution in [0.25, 0.3) is 0 Å². The van der Waals surface area contributed by atoms with Crippen LogP contribution in [0.2, 0.25) is 0 Å². The fourth-order valence-corrected chi connectivity index (χ4v) is 0.862. The summed E-state index contributed by atoms with van der Waals surface area (Å²) in [5.41, 5.74) is 6.01. The second kappa shape index (κ2) is 4.36. The maximum atomic E-state index is 10.5. The van der Waals surface area contributed by atoms with Crippen LogP contribution in [0.4, 0.5) is 5.69 Å². The first-order valence-electron chi connectivity index (χ1n) is 3.92. The van der Waals surface area contributed by atoms with Crippen molar-refractivity contribution in [3.63, 3.8) is 0 Å². The normalized spacial score (nSPS) is 9.29. The smallest absolute Gasteiger partial charge is 0.352 e. The van der Waals surface area contributed by atoms with E-state index in [0.717, 1.165) is 0 Å². The highest BCUT2D eigenvalue weighted by Crippen LogP contribution is 2.28. The molecule has 5 nitrogen and oxygen atoms in total. The fourth-order valence-electron chi connectivity index (χ4n) is 0.862. The molecule has 0 fully saturated rings. The number of hydrogen-bond acceptors (Lipinski definition) is 5. The summed E-state index contributed by atoms with van der Waals surface area (Å²) in [5, 5.41) is 0. The van der Waals surface area contributed by atoms with Gasteiger partial charge in [-0.15, -0.1) is 0 Å². The SMILES string of the molecule is COc1ccc(N)cc1OOC(C)=O. The quantitative estimate of drug-likeness (QED) is 0.447. The van der Waals surface area contributed by atoms with Gasteiger partial charge in [0.25, 0.3) is 0 Å². The molecular weight excluding hydrogens is 186 g/mol. The Kier molecular flexibility index (Phi) is 3.17. The van der Waals surface area contributed by atoms with Crippen molar-refractivity contribution in [2.75, 3.05) is 12.8 Å². The lowest BCUT2D eigenvalue weighted by Gasteiger charge is -2.07. The molecule has 1 aromatic carbocycles. The van der Waals surface area contributed by atoms with Crippen LogP contribution in [0.5, 0.6) is 11.5 Å². The third-order valence-corrected chi connectivity index (χ3v) is 1.44. The zero-order valence-corrected chi connectivity index (χ0v) is 7.94. The van der Waals surface area contributed by atoms with Gasteiger partial charge >= 0.3 is 5.97 Å². The molecule has 76 valence electrons. The van der Waals surface area contributed by atoms with Crippen LogP contribution < -0.4 is 15.4 Å². The first-order chi connectivity index (χ1) is 6.63. The van der Waals surface area contributed by atoms with Gasteiger partial charge in [0.2, 0.25) is 5.75 Å². The lowest BCUT2D eigenvalue weighted by atomic mass is 10.3. The molecule has 0 aliphatic heterocycles. The predicted molar refractivity (Wildman–Crippen MR) is 49.8 cm³/mol. The third-order valence-electron chi connectivity index (χ3n) is 1.44. The minimum Gasteiger partial charge on any atom is -0.493 e. The van der Waals surface area contributed by atoms with Crippen molar-refractivity contribution in [2.24, 2.45) is 0 Å². The van der Waals surface area contributed by atoms with Crippen molar-refractivity contribution in [2.45, 2.75) is 6.92 Å². The fraction of sp³-hybridized carbons (Fsp3) is 0.222. The Labute approximate surface area is 81.3 Å². The van der Waals surface area contributed by atoms with Crippen LogP contribution in [0.3, 0.4) is 0 Å². The van der Waals surface area contributed by atoms with Gasteiger partial charge < -0.3 is 10.5 Å². The number of nitrogens with two attached hydrogens (primary N) is 1. The van der Waals surface area contributed by atoms with Gasteiger partial charge in [-0.1, -0.05) is 0 Å². The van der Waals surface area contributed by atoms with Crippen molar-refractivity contribution in [1.82, 2.24) is 0 Å². The van der Waals surface area contributed by atoms with Crippen LogP contribution in [0.15, 0.2) is 18.2 Å². The molecule has 0 atom stereocenters. The Morgan fingerprint density at radius 1 is 1.36 bits per heavy atom. The summed E-state index contributed by atoms with van der Waals surface area (Å²) in [5.74, 6) is 0.164. The molecule has 1 rings (SSSR count). The summed E-state index contributed by atoms with van der Waals surface area (Å²) < 4.78 is 4.96. The van der Waals surface area contributed by atoms with Gasteiger partial charge in [0.1, 0.15) is 0 Å². The number of rotatable bonds is 3. The first kappa shape index (κ1) is 10.2. The van der Waals surface area contributed by atoms with Crippen LogP contribution in [0, 0.1) is 0 Å². The Hall–Kier alpha value is -1.91. The summed E-state index contributed by atoms with van der Waals surface area (Å²) in [7, 11) is 1.48. The minimum absolute atomic E-state index is 0.266. The number of methoxy groups -OCH3 is 1. The third kappa shape index (κ3) is 2.55. The number of hydrogen-bond donors (Lipinski definition) is 1. The summed E-state index contributed by atoms with van der Waals surface area (Å²) in [6.45, 7) is 1.23. The highest BCUT2D eigenvalue weighted by Gasteiger charge is 2.07. The van der Waals surface area contributed by atoms with E-state index in [-0.39, 0.29) is 5.75 Å². The molecule has 0 aliphatic rings. The maximum Gasteiger partial charge on any atom is 0.352 e. The van der Waals surface area contributed by atoms with Gasteiger partial charge in [0.15, 0.2) is 5.75 Å². The van der Waals surface area contributed by atoms with Gasteiger partial charge in [-0.05, 0) is 12.1 Å². The van der Waals surface area contributed by atoms with Gasteiger partial charge in [-0.2, -0.15) is 0 Å². The molecule has 0 spiro atoms. The highest BCUT2D eigenvalue weighted by atomic mass is 17.2. The number of anilines is 1. The molecule has 0 unspecified atom stereocenters. The molecule has 0 heterocycles. The summed E-state index contributed by atoms with van der Waals surface area (Å²) in [4.78, 5) is 19.5. The van der Waals surface area contributed by atoms with Gasteiger partial charge in [-0.3, -0.25) is 9.78 Å². The van der Waals surface area contributed by atoms with Crippen LogP contribution in [-0.4, -0.2) is 13.1 Å². The lowest BCUT2D eigenvalue weighted by Crippen LogP contribution is -2.04. The van der Waals surface area contributed by atoms with Crippen LogP contribution in [-0.2, 0) is 9.68 Å². The number of carbonyl (C=O) groups is 1. The van der Waals surface area contributed by atoms with E-state index in [2.05, 4.69) is 4.89 Å². The Balaban J connectivity index is 2.82. The van der Waals surface area contributed by atoms with Crippen molar-refractivity contribution in [3.05, 3.63) is 18.2 Å². The molecule has 0 bridgehead atoms. The van der Waals surface area contributed by atoms with Crippen LogP contribution >= 0.6 is 0 Å². The summed E-state index contributed by atoms with van der Waals surface area (Å²) >= 11 is 0. The number of benzene rings is 1. The standard InChI is InChI=1S/C9H11NO4/c1-6(11)13-14-9-5-7(10)3-4-8(9)12-2/h3-5H,10H2,1-2H3. The molecule has 14 heavy (non-hydrogen) atoms. The van der Waals surface area contributed by atoms with Crippen LogP contribution in [0.1, 0.15) is 6.92 Å². The Morgan fingerprint density at radius 3 is 2.64 bits per heavy atom. The monoisotopic (exact) mass is 197 g/mol. The summed E-state index contributed by atoms with van der Waals surface area (Å²) in [6, 6.07) is 4.77. The predicted octanol–water partition coefficient (Wildman–Crippen LogP) is 1.13. The van der Waals surface area contributed by atoms with Crippen molar-refractivity contribution in [1.29, 1.82) is 0 Å². The van der Waals surface area contributed by atoms with Gasteiger partial charge in [-0.25, -0.2) is 4.79 Å². The van der Waals surface area contributed by atoms with Gasteiger partial charge in [0.05, 0.1) is 7.11 Å². The molecular formula is C9H11NO4. The molecule has 0 saturated carbocycles. The molecule has 0 amide bonds. The molecule has 2 N–H and O–H groups in total. The van der Waals surface area contributed by atoms with E-state index < -0.39 is 5.97 Å². The topological polar surface area (TPSA) is 70.8 Å². The van der Waals surface area contributed by atoms with E-state index in [9.17, 15) is 4.79 Å². The second-order valence-corrected chi connectivity index (χ2v) is 2.57. The molecule has 0 aromatic heterocycles. The number of nitrogen functional groups attached to an aromatic ring is 1. The van der Waals surface area contributed by atoms with E-state index >= 15 is 0 Å². The van der Waals surface area contributed by atoms with E-state index in [1.54, 1.807) is 12.1 Å². The number of ether oxygens (including phenoxy) is 1. The van der Waals surface area contributed by atoms with Crippen molar-refractivity contribution in [3.8, 4) is 11.5 Å². The highest BCUT2D eigenvalue weighted by molar-refractivity contribution is 5.65. The Bertz CT molecular complexity index is 338. The first-order valence-corrected chi connectivity index (χ1v) is 3.92. The van der Waals surface area contributed by atoms with E-state index in [1.165, 1.54) is 20.1 Å². The van der Waals surface area contributed by atoms with E-state index in [0.29, 0.717) is 11.4 Å². The lowest BCUT2D eigenvalue weighted by molar-refractivity contribution is -0.211. The van der Waals surface area contributed by atoms with Crippen molar-refractivity contribution < 1.29 is 19.3 Å². The van der Waals surface area contributed by atoms with Gasteiger partial charge in [0, 0.05) is 18.7 Å².